The van der Waals surface area contributed by atoms with Crippen molar-refractivity contribution in [3.05, 3.63) is 72.3 Å². The van der Waals surface area contributed by atoms with Gasteiger partial charge in [0.15, 0.2) is 5.78 Å². The molecule has 1 aliphatic rings. The van der Waals surface area contributed by atoms with E-state index in [0.717, 1.165) is 62.3 Å². The van der Waals surface area contributed by atoms with E-state index >= 15 is 0 Å². The van der Waals surface area contributed by atoms with E-state index in [1.54, 1.807) is 30.5 Å². The number of aromatic nitrogens is 3. The number of piperazine rings is 1. The van der Waals surface area contributed by atoms with Gasteiger partial charge in [0, 0.05) is 63.7 Å². The molecule has 0 spiro atoms. The number of anilines is 2. The third-order valence-corrected chi connectivity index (χ3v) is 6.93. The molecular formula is C29H33FN6O2. The number of ether oxygens (including phenoxy) is 1. The Labute approximate surface area is 222 Å². The van der Waals surface area contributed by atoms with Crippen molar-refractivity contribution in [2.75, 3.05) is 45.1 Å². The van der Waals surface area contributed by atoms with Gasteiger partial charge in [-0.25, -0.2) is 9.37 Å². The summed E-state index contributed by atoms with van der Waals surface area (Å²) in [5.41, 5.74) is 2.84. The maximum absolute atomic E-state index is 13.2. The van der Waals surface area contributed by atoms with Crippen LogP contribution in [0.1, 0.15) is 29.8 Å². The first-order valence-electron chi connectivity index (χ1n) is 13.0. The monoisotopic (exact) mass is 516 g/mol. The van der Waals surface area contributed by atoms with Gasteiger partial charge in [-0.2, -0.15) is 0 Å². The first-order valence-corrected chi connectivity index (χ1v) is 13.0. The molecule has 0 aliphatic carbocycles. The second-order valence-electron chi connectivity index (χ2n) is 9.78. The number of nitrogens with one attached hydrogen (secondary N) is 1. The maximum atomic E-state index is 13.2. The molecule has 0 radical (unpaired) electrons. The van der Waals surface area contributed by atoms with Crippen LogP contribution in [0.4, 0.5) is 16.0 Å². The van der Waals surface area contributed by atoms with Crippen LogP contribution in [-0.2, 0) is 7.05 Å². The van der Waals surface area contributed by atoms with E-state index in [2.05, 4.69) is 32.1 Å². The molecule has 1 saturated heterocycles. The number of unbranched alkanes of at least 4 members (excludes halogenated alkanes) is 1. The van der Waals surface area contributed by atoms with Crippen LogP contribution in [0.15, 0.2) is 60.8 Å². The predicted octanol–water partition coefficient (Wildman–Crippen LogP) is 5.24. The Kier molecular flexibility index (Phi) is 7.95. The van der Waals surface area contributed by atoms with E-state index in [9.17, 15) is 9.18 Å². The number of imidazole rings is 1. The number of hydrogen-bond donors (Lipinski definition) is 1. The summed E-state index contributed by atoms with van der Waals surface area (Å²) in [6.45, 7) is 5.45. The van der Waals surface area contributed by atoms with E-state index in [-0.39, 0.29) is 11.6 Å². The zero-order valence-electron chi connectivity index (χ0n) is 21.9. The highest BCUT2D eigenvalue weighted by molar-refractivity contribution is 5.94. The zero-order chi connectivity index (χ0) is 26.5. The molecule has 2 aromatic heterocycles. The van der Waals surface area contributed by atoms with Crippen LogP contribution in [0.3, 0.4) is 0 Å². The number of Topliss-reactive ketones (excluding diaryl/α,β-unsaturated/α-hetero) is 1. The third kappa shape index (κ3) is 6.35. The number of carbonyl (C=O) groups is 1. The summed E-state index contributed by atoms with van der Waals surface area (Å²) >= 11 is 0. The maximum Gasteiger partial charge on any atom is 0.208 e. The number of likely N-dealkylation sites (N-methyl/N-ethyl adjacent to an activating group) is 1. The first kappa shape index (κ1) is 25.8. The summed E-state index contributed by atoms with van der Waals surface area (Å²) in [6.07, 6.45) is 3.95. The highest BCUT2D eigenvalue weighted by atomic mass is 19.1. The molecule has 9 heteroatoms. The molecule has 38 heavy (non-hydrogen) atoms. The molecule has 1 fully saturated rings. The van der Waals surface area contributed by atoms with Crippen molar-refractivity contribution in [1.29, 1.82) is 0 Å². The van der Waals surface area contributed by atoms with Crippen LogP contribution < -0.4 is 10.1 Å². The molecule has 5 rings (SSSR count). The molecule has 4 aromatic rings. The summed E-state index contributed by atoms with van der Waals surface area (Å²) in [6, 6.07) is 15.2. The number of fused-ring (bicyclic) bond motifs is 1. The lowest BCUT2D eigenvalue weighted by Crippen LogP contribution is -2.44. The molecule has 3 heterocycles. The van der Waals surface area contributed by atoms with E-state index in [1.165, 1.54) is 12.1 Å². The van der Waals surface area contributed by atoms with Gasteiger partial charge in [0.05, 0.1) is 11.0 Å². The number of pyridine rings is 1. The van der Waals surface area contributed by atoms with Gasteiger partial charge in [-0.15, -0.1) is 0 Å². The molecule has 1 aliphatic heterocycles. The Morgan fingerprint density at radius 1 is 0.974 bits per heavy atom. The van der Waals surface area contributed by atoms with Crippen molar-refractivity contribution in [3.63, 3.8) is 0 Å². The van der Waals surface area contributed by atoms with E-state index in [4.69, 9.17) is 4.74 Å². The Balaban J connectivity index is 1.18. The fourth-order valence-electron chi connectivity index (χ4n) is 4.60. The van der Waals surface area contributed by atoms with E-state index in [0.29, 0.717) is 29.6 Å². The van der Waals surface area contributed by atoms with Gasteiger partial charge in [-0.05, 0) is 68.9 Å². The standard InChI is InChI=1S/C29H33FN6O2/c1-34-15-17-36(18-16-34)14-4-3-5-28(37)26-20-24(12-13-31-26)38-23-10-11-27-25(19-23)33-29(35(27)2)32-22-8-6-21(30)7-9-22/h6-13,19-20H,3-5,14-18H2,1-2H3,(H,32,33). The minimum absolute atomic E-state index is 0.0329. The second-order valence-corrected chi connectivity index (χ2v) is 9.78. The molecule has 0 saturated carbocycles. The molecule has 2 aromatic carbocycles. The van der Waals surface area contributed by atoms with E-state index < -0.39 is 0 Å². The summed E-state index contributed by atoms with van der Waals surface area (Å²) in [4.78, 5) is 26.5. The minimum atomic E-state index is -0.287. The van der Waals surface area contributed by atoms with Crippen LogP contribution in [-0.4, -0.2) is 69.9 Å². The van der Waals surface area contributed by atoms with Gasteiger partial charge in [0.25, 0.3) is 0 Å². The second kappa shape index (κ2) is 11.7. The van der Waals surface area contributed by atoms with Crippen molar-refractivity contribution < 1.29 is 13.9 Å². The van der Waals surface area contributed by atoms with Gasteiger partial charge < -0.3 is 24.4 Å². The fourth-order valence-corrected chi connectivity index (χ4v) is 4.60. The zero-order valence-corrected chi connectivity index (χ0v) is 21.9. The summed E-state index contributed by atoms with van der Waals surface area (Å²) in [5.74, 6) is 1.55. The molecule has 0 unspecified atom stereocenters. The number of nitrogens with zero attached hydrogens (tertiary/aromatic N) is 5. The van der Waals surface area contributed by atoms with Gasteiger partial charge in [0.1, 0.15) is 23.0 Å². The van der Waals surface area contributed by atoms with Crippen LogP contribution in [0.25, 0.3) is 11.0 Å². The highest BCUT2D eigenvalue weighted by Gasteiger charge is 2.15. The lowest BCUT2D eigenvalue weighted by molar-refractivity contribution is 0.0970. The molecular weight excluding hydrogens is 483 g/mol. The molecule has 198 valence electrons. The van der Waals surface area contributed by atoms with Crippen molar-refractivity contribution >= 4 is 28.5 Å². The number of halogens is 1. The average Bonchev–Trinajstić information content (AvgIpc) is 3.23. The van der Waals surface area contributed by atoms with Crippen LogP contribution in [0.5, 0.6) is 11.5 Å². The number of benzene rings is 2. The smallest absolute Gasteiger partial charge is 0.208 e. The van der Waals surface area contributed by atoms with Gasteiger partial charge in [-0.1, -0.05) is 0 Å². The minimum Gasteiger partial charge on any atom is -0.457 e. The summed E-state index contributed by atoms with van der Waals surface area (Å²) in [7, 11) is 4.07. The van der Waals surface area contributed by atoms with Gasteiger partial charge in [0.2, 0.25) is 5.95 Å². The predicted molar refractivity (Wildman–Crippen MR) is 147 cm³/mol. The first-order chi connectivity index (χ1) is 18.4. The third-order valence-electron chi connectivity index (χ3n) is 6.93. The van der Waals surface area contributed by atoms with Crippen molar-refractivity contribution in [2.24, 2.45) is 7.05 Å². The van der Waals surface area contributed by atoms with Crippen LogP contribution >= 0.6 is 0 Å². The molecule has 8 nitrogen and oxygen atoms in total. The van der Waals surface area contributed by atoms with Crippen LogP contribution in [0, 0.1) is 5.82 Å². The number of carbonyl (C=O) groups excluding carboxylic acids is 1. The van der Waals surface area contributed by atoms with Crippen molar-refractivity contribution in [1.82, 2.24) is 24.3 Å². The Bertz CT molecular complexity index is 1400. The number of rotatable bonds is 10. The largest absolute Gasteiger partial charge is 0.457 e. The van der Waals surface area contributed by atoms with Crippen LogP contribution in [0.2, 0.25) is 0 Å². The molecule has 0 atom stereocenters. The van der Waals surface area contributed by atoms with Gasteiger partial charge >= 0.3 is 0 Å². The summed E-state index contributed by atoms with van der Waals surface area (Å²) < 4.78 is 21.2. The molecule has 0 bridgehead atoms. The highest BCUT2D eigenvalue weighted by Crippen LogP contribution is 2.28. The van der Waals surface area contributed by atoms with Crippen molar-refractivity contribution in [2.45, 2.75) is 19.3 Å². The SMILES string of the molecule is CN1CCN(CCCCC(=O)c2cc(Oc3ccc4c(c3)nc(Nc3ccc(F)cc3)n4C)ccn2)CC1. The van der Waals surface area contributed by atoms with E-state index in [1.807, 2.05) is 29.8 Å². The Morgan fingerprint density at radius 3 is 2.53 bits per heavy atom. The average molecular weight is 517 g/mol. The molecule has 1 N–H and O–H groups in total. The lowest BCUT2D eigenvalue weighted by Gasteiger charge is -2.32. The summed E-state index contributed by atoms with van der Waals surface area (Å²) in [5, 5.41) is 3.21. The Hall–Kier alpha value is -3.82. The molecule has 0 amide bonds. The number of ketones is 1. The fraction of sp³-hybridized carbons (Fsp3) is 0.345. The topological polar surface area (TPSA) is 75.5 Å². The quantitative estimate of drug-likeness (QED) is 0.228. The number of hydrogen-bond acceptors (Lipinski definition) is 7. The number of aryl methyl sites for hydroxylation is 1. The normalized spacial score (nSPS) is 14.6. The Morgan fingerprint density at radius 2 is 1.74 bits per heavy atom. The van der Waals surface area contributed by atoms with Gasteiger partial charge in [-0.3, -0.25) is 9.78 Å². The lowest BCUT2D eigenvalue weighted by atomic mass is 10.1. The van der Waals surface area contributed by atoms with Crippen molar-refractivity contribution in [3.8, 4) is 11.5 Å².